The second-order valence-electron chi connectivity index (χ2n) is 6.43. The van der Waals surface area contributed by atoms with Crippen LogP contribution in [0.25, 0.3) is 0 Å². The molecule has 12 nitrogen and oxygen atoms in total. The maximum Gasteiger partial charge on any atom is 0.366 e. The smallest absolute Gasteiger partial charge is 0.356 e. The van der Waals surface area contributed by atoms with Crippen LogP contribution in [0, 0.1) is 0 Å². The number of nitrogens with one attached hydrogen (secondary N) is 3. The zero-order valence-electron chi connectivity index (χ0n) is 16.3. The molecule has 0 aliphatic rings. The molecule has 0 spiro atoms. The van der Waals surface area contributed by atoms with E-state index in [1.807, 2.05) is 0 Å². The fourth-order valence-corrected chi connectivity index (χ4v) is 5.69. The average Bonchev–Trinajstić information content (AvgIpc) is 3.02. The molecule has 3 amide bonds. The summed E-state index contributed by atoms with van der Waals surface area (Å²) in [4.78, 5) is 71.9. The molecule has 0 saturated carbocycles. The molecular weight excluding hydrogens is 460 g/mol. The number of thiophene rings is 1. The first-order valence-corrected chi connectivity index (χ1v) is 12.8. The summed E-state index contributed by atoms with van der Waals surface area (Å²) in [6.07, 6.45) is 1.34. The molecule has 1 rings (SSSR count). The number of rotatable bonds is 11. The number of hydrogen-bond acceptors (Lipinski definition) is 6. The maximum absolute atomic E-state index is 12.5. The Balaban J connectivity index is 2.83. The largest absolute Gasteiger partial charge is 0.366 e. The second-order valence-corrected chi connectivity index (χ2v) is 11.0. The van der Waals surface area contributed by atoms with Crippen molar-refractivity contribution in [3.05, 3.63) is 10.9 Å². The van der Waals surface area contributed by atoms with Crippen molar-refractivity contribution in [1.29, 1.82) is 0 Å². The second kappa shape index (κ2) is 11.1. The number of carbonyl (C=O) groups excluding carboxylic acids is 3. The minimum Gasteiger partial charge on any atom is -0.356 e. The molecule has 0 aliphatic carbocycles. The van der Waals surface area contributed by atoms with Crippen LogP contribution < -0.4 is 25.9 Å². The van der Waals surface area contributed by atoms with Gasteiger partial charge in [0.25, 0.3) is 0 Å². The maximum atomic E-state index is 12.5. The van der Waals surface area contributed by atoms with E-state index in [1.54, 1.807) is 0 Å². The van der Waals surface area contributed by atoms with Crippen LogP contribution in [0.3, 0.4) is 0 Å². The highest BCUT2D eigenvalue weighted by molar-refractivity contribution is 7.68. The predicted molar refractivity (Wildman–Crippen MR) is 110 cm³/mol. The minimum atomic E-state index is -4.83. The van der Waals surface area contributed by atoms with Crippen LogP contribution in [0.1, 0.15) is 38.0 Å². The number of unbranched alkanes of at least 4 members (excludes halogenated alkanes) is 1. The van der Waals surface area contributed by atoms with Crippen molar-refractivity contribution in [2.75, 3.05) is 6.54 Å². The molecular formula is C15H25N3O9P2S. The molecule has 1 aromatic heterocycles. The van der Waals surface area contributed by atoms with Crippen molar-refractivity contribution < 1.29 is 43.1 Å². The van der Waals surface area contributed by atoms with Gasteiger partial charge in [0, 0.05) is 25.3 Å². The van der Waals surface area contributed by atoms with Gasteiger partial charge >= 0.3 is 15.2 Å². The molecule has 0 fully saturated rings. The van der Waals surface area contributed by atoms with Gasteiger partial charge in [0.2, 0.25) is 17.7 Å². The molecule has 1 unspecified atom stereocenters. The summed E-state index contributed by atoms with van der Waals surface area (Å²) >= 11 is 0.490. The summed E-state index contributed by atoms with van der Waals surface area (Å²) in [6.45, 7) is 2.64. The normalized spacial score (nSPS) is 12.9. The Morgan fingerprint density at radius 2 is 1.63 bits per heavy atom. The Hall–Kier alpha value is -1.59. The average molecular weight is 485 g/mol. The first kappa shape index (κ1) is 26.4. The van der Waals surface area contributed by atoms with Crippen molar-refractivity contribution in [2.45, 2.75) is 45.7 Å². The van der Waals surface area contributed by atoms with Crippen molar-refractivity contribution in [3.8, 4) is 0 Å². The van der Waals surface area contributed by atoms with Gasteiger partial charge in [0.15, 0.2) is 0 Å². The molecule has 0 aliphatic heterocycles. The quantitative estimate of drug-likeness (QED) is 0.148. The first-order chi connectivity index (χ1) is 13.7. The van der Waals surface area contributed by atoms with Gasteiger partial charge in [-0.2, -0.15) is 0 Å². The van der Waals surface area contributed by atoms with Crippen LogP contribution in [0.15, 0.2) is 6.07 Å². The van der Waals surface area contributed by atoms with E-state index < -0.39 is 43.0 Å². The van der Waals surface area contributed by atoms with Crippen LogP contribution in [0.5, 0.6) is 0 Å². The van der Waals surface area contributed by atoms with Crippen LogP contribution in [0.4, 0.5) is 0 Å². The Bertz CT molecular complexity index is 877. The highest BCUT2D eigenvalue weighted by Gasteiger charge is 2.30. The van der Waals surface area contributed by atoms with Gasteiger partial charge in [0.1, 0.15) is 10.7 Å². The van der Waals surface area contributed by atoms with E-state index in [0.29, 0.717) is 30.7 Å². The molecule has 0 aromatic carbocycles. The van der Waals surface area contributed by atoms with Crippen LogP contribution in [-0.4, -0.2) is 49.9 Å². The summed E-state index contributed by atoms with van der Waals surface area (Å²) in [6, 6.07) is -0.180. The lowest BCUT2D eigenvalue weighted by atomic mass is 10.1. The topological polar surface area (TPSA) is 202 Å². The van der Waals surface area contributed by atoms with E-state index in [4.69, 9.17) is 0 Å². The molecule has 30 heavy (non-hydrogen) atoms. The van der Waals surface area contributed by atoms with Gasteiger partial charge in [-0.15, -0.1) is 11.3 Å². The lowest BCUT2D eigenvalue weighted by Gasteiger charge is -2.18. The molecule has 7 N–H and O–H groups in total. The summed E-state index contributed by atoms with van der Waals surface area (Å²) in [7, 11) is -9.56. The third-order valence-electron chi connectivity index (χ3n) is 3.79. The minimum absolute atomic E-state index is 0.0951. The zero-order chi connectivity index (χ0) is 23.1. The van der Waals surface area contributed by atoms with Crippen LogP contribution in [-0.2, 0) is 30.1 Å². The molecule has 170 valence electrons. The highest BCUT2D eigenvalue weighted by Crippen LogP contribution is 2.41. The van der Waals surface area contributed by atoms with Crippen LogP contribution >= 0.6 is 26.5 Å². The SMILES string of the molecule is CC(=O)NCCCCC(NC(C)=O)C(=O)NCc1sc(P(=O)(O)O)cc1P(=O)(O)O. The van der Waals surface area contributed by atoms with E-state index in [1.165, 1.54) is 13.8 Å². The number of amides is 3. The standard InChI is InChI=1S/C15H25N3O9P2S/c1-9(19)16-6-4-3-5-11(18-10(2)20)15(21)17-8-13-12(28(22,23)24)7-14(30-13)29(25,26)27/h7,11H,3-6,8H2,1-2H3,(H,16,19)(H,17,21)(H,18,20)(H2,22,23,24)(H2,25,26,27). The van der Waals surface area contributed by atoms with Gasteiger partial charge in [-0.25, -0.2) is 0 Å². The summed E-state index contributed by atoms with van der Waals surface area (Å²) in [5, 5.41) is 6.94. The van der Waals surface area contributed by atoms with Crippen molar-refractivity contribution in [1.82, 2.24) is 16.0 Å². The van der Waals surface area contributed by atoms with Crippen molar-refractivity contribution >= 4 is 54.2 Å². The van der Waals surface area contributed by atoms with E-state index in [0.717, 1.165) is 6.07 Å². The van der Waals surface area contributed by atoms with Gasteiger partial charge in [0.05, 0.1) is 11.8 Å². The fourth-order valence-electron chi connectivity index (χ4n) is 2.46. The molecule has 0 bridgehead atoms. The van der Waals surface area contributed by atoms with Crippen molar-refractivity contribution in [3.63, 3.8) is 0 Å². The third-order valence-corrected chi connectivity index (χ3v) is 7.59. The van der Waals surface area contributed by atoms with Crippen LogP contribution in [0.2, 0.25) is 0 Å². The lowest BCUT2D eigenvalue weighted by molar-refractivity contribution is -0.128. The number of hydrogen-bond donors (Lipinski definition) is 7. The zero-order valence-corrected chi connectivity index (χ0v) is 18.9. The Morgan fingerprint density at radius 1 is 1.00 bits per heavy atom. The molecule has 1 aromatic rings. The Labute approximate surface area is 176 Å². The van der Waals surface area contributed by atoms with E-state index in [9.17, 15) is 43.1 Å². The summed E-state index contributed by atoms with van der Waals surface area (Å²) < 4.78 is 22.5. The monoisotopic (exact) mass is 485 g/mol. The van der Waals surface area contributed by atoms with E-state index in [2.05, 4.69) is 16.0 Å². The lowest BCUT2D eigenvalue weighted by Crippen LogP contribution is -2.46. The van der Waals surface area contributed by atoms with Crippen molar-refractivity contribution in [2.24, 2.45) is 0 Å². The predicted octanol–water partition coefficient (Wildman–Crippen LogP) is -1.22. The summed E-state index contributed by atoms with van der Waals surface area (Å²) in [5.74, 6) is -1.25. The van der Waals surface area contributed by atoms with Gasteiger partial charge in [-0.1, -0.05) is 0 Å². The third kappa shape index (κ3) is 9.05. The molecule has 15 heteroatoms. The van der Waals surface area contributed by atoms with Gasteiger partial charge < -0.3 is 35.5 Å². The molecule has 1 atom stereocenters. The Kier molecular flexibility index (Phi) is 9.83. The highest BCUT2D eigenvalue weighted by atomic mass is 32.1. The van der Waals surface area contributed by atoms with E-state index in [-0.39, 0.29) is 23.7 Å². The molecule has 0 saturated heterocycles. The first-order valence-electron chi connectivity index (χ1n) is 8.76. The number of carbonyl (C=O) groups is 3. The summed E-state index contributed by atoms with van der Waals surface area (Å²) in [5.41, 5.74) is 0. The van der Waals surface area contributed by atoms with Gasteiger partial charge in [-0.05, 0) is 25.3 Å². The molecule has 0 radical (unpaired) electrons. The van der Waals surface area contributed by atoms with E-state index >= 15 is 0 Å². The Morgan fingerprint density at radius 3 is 2.13 bits per heavy atom. The molecule has 1 heterocycles. The van der Waals surface area contributed by atoms with Gasteiger partial charge in [-0.3, -0.25) is 23.5 Å². The fraction of sp³-hybridized carbons (Fsp3) is 0.533.